The fraction of sp³-hybridized carbons (Fsp3) is 0.625. The molecular formula is C16H26ClNO2. The van der Waals surface area contributed by atoms with E-state index in [0.29, 0.717) is 12.6 Å². The minimum absolute atomic E-state index is 0.174. The lowest BCUT2D eigenvalue weighted by molar-refractivity contribution is 0.0986. The highest BCUT2D eigenvalue weighted by Gasteiger charge is 2.20. The Labute approximate surface area is 127 Å². The number of hydrogen-bond donors (Lipinski definition) is 2. The van der Waals surface area contributed by atoms with Crippen LogP contribution >= 0.6 is 11.6 Å². The zero-order chi connectivity index (χ0) is 15.3. The maximum atomic E-state index is 9.94. The Morgan fingerprint density at radius 3 is 2.55 bits per heavy atom. The van der Waals surface area contributed by atoms with Crippen LogP contribution in [0.1, 0.15) is 33.3 Å². The summed E-state index contributed by atoms with van der Waals surface area (Å²) in [4.78, 5) is 0. The lowest BCUT2D eigenvalue weighted by Crippen LogP contribution is -2.42. The fourth-order valence-electron chi connectivity index (χ4n) is 1.58. The van der Waals surface area contributed by atoms with Crippen LogP contribution in [0.4, 0.5) is 0 Å². The van der Waals surface area contributed by atoms with Gasteiger partial charge in [0, 0.05) is 17.6 Å². The third-order valence-corrected chi connectivity index (χ3v) is 3.95. The third-order valence-electron chi connectivity index (χ3n) is 3.53. The Morgan fingerprint density at radius 1 is 1.35 bits per heavy atom. The molecule has 0 heterocycles. The number of rotatable bonds is 6. The number of halogens is 1. The van der Waals surface area contributed by atoms with Gasteiger partial charge in [-0.3, -0.25) is 0 Å². The second kappa shape index (κ2) is 7.30. The van der Waals surface area contributed by atoms with Gasteiger partial charge in [0.1, 0.15) is 18.5 Å². The zero-order valence-electron chi connectivity index (χ0n) is 13.0. The largest absolute Gasteiger partial charge is 0.491 e. The maximum Gasteiger partial charge on any atom is 0.119 e. The molecule has 3 nitrogen and oxygen atoms in total. The van der Waals surface area contributed by atoms with Crippen LogP contribution in [-0.2, 0) is 0 Å². The summed E-state index contributed by atoms with van der Waals surface area (Å²) in [5.74, 6) is 0.731. The topological polar surface area (TPSA) is 41.5 Å². The molecule has 4 heteroatoms. The Kier molecular flexibility index (Phi) is 6.31. The van der Waals surface area contributed by atoms with Crippen molar-refractivity contribution in [3.63, 3.8) is 0 Å². The second-order valence-corrected chi connectivity index (χ2v) is 6.78. The average Bonchev–Trinajstić information content (AvgIpc) is 2.36. The summed E-state index contributed by atoms with van der Waals surface area (Å²) in [6.45, 7) is 11.3. The summed E-state index contributed by atoms with van der Waals surface area (Å²) in [5.41, 5.74) is 1.14. The van der Waals surface area contributed by atoms with E-state index in [1.807, 2.05) is 19.1 Å². The van der Waals surface area contributed by atoms with Crippen molar-refractivity contribution in [1.29, 1.82) is 0 Å². The van der Waals surface area contributed by atoms with E-state index in [4.69, 9.17) is 16.3 Å². The molecule has 0 aromatic heterocycles. The lowest BCUT2D eigenvalue weighted by Gasteiger charge is -2.29. The minimum Gasteiger partial charge on any atom is -0.491 e. The predicted molar refractivity (Wildman–Crippen MR) is 84.6 cm³/mol. The number of nitrogens with one attached hydrogen (secondary N) is 1. The average molecular weight is 300 g/mol. The monoisotopic (exact) mass is 299 g/mol. The predicted octanol–water partition coefficient (Wildman–Crippen LogP) is 3.41. The molecular weight excluding hydrogens is 274 g/mol. The molecule has 0 spiro atoms. The fourth-order valence-corrected chi connectivity index (χ4v) is 1.69. The van der Waals surface area contributed by atoms with Crippen molar-refractivity contribution >= 4 is 11.6 Å². The van der Waals surface area contributed by atoms with E-state index in [-0.39, 0.29) is 12.0 Å². The van der Waals surface area contributed by atoms with Crippen LogP contribution in [0.5, 0.6) is 5.75 Å². The molecule has 0 aliphatic carbocycles. The number of aryl methyl sites for hydroxylation is 1. The Balaban J connectivity index is 2.36. The normalized spacial score (nSPS) is 14.9. The molecule has 0 amide bonds. The molecule has 0 saturated heterocycles. The van der Waals surface area contributed by atoms with Gasteiger partial charge in [-0.1, -0.05) is 32.4 Å². The molecule has 114 valence electrons. The van der Waals surface area contributed by atoms with E-state index in [1.165, 1.54) is 0 Å². The first kappa shape index (κ1) is 17.3. The number of aliphatic hydroxyl groups excluding tert-OH is 1. The molecule has 0 radical (unpaired) electrons. The van der Waals surface area contributed by atoms with E-state index in [1.54, 1.807) is 6.07 Å². The SMILES string of the molecule is Cc1cc(OCC(O)CNC(C)C(C)(C)C)ccc1Cl. The van der Waals surface area contributed by atoms with Crippen LogP contribution in [0.25, 0.3) is 0 Å². The Hall–Kier alpha value is -0.770. The Bertz CT molecular complexity index is 429. The first-order valence-corrected chi connectivity index (χ1v) is 7.38. The van der Waals surface area contributed by atoms with Crippen molar-refractivity contribution in [3.05, 3.63) is 28.8 Å². The second-order valence-electron chi connectivity index (χ2n) is 6.37. The summed E-state index contributed by atoms with van der Waals surface area (Å²) in [6, 6.07) is 5.82. The van der Waals surface area contributed by atoms with Crippen molar-refractivity contribution in [2.24, 2.45) is 5.41 Å². The summed E-state index contributed by atoms with van der Waals surface area (Å²) in [6.07, 6.45) is -0.532. The first-order valence-electron chi connectivity index (χ1n) is 7.00. The molecule has 0 saturated carbocycles. The standard InChI is InChI=1S/C16H26ClNO2/c1-11-8-14(6-7-15(11)17)20-10-13(19)9-18-12(2)16(3,4)5/h6-8,12-13,18-19H,9-10H2,1-5H3. The van der Waals surface area contributed by atoms with Crippen molar-refractivity contribution in [3.8, 4) is 5.75 Å². The molecule has 20 heavy (non-hydrogen) atoms. The van der Waals surface area contributed by atoms with E-state index in [2.05, 4.69) is 33.0 Å². The van der Waals surface area contributed by atoms with Crippen LogP contribution in [0.15, 0.2) is 18.2 Å². The molecule has 2 N–H and O–H groups in total. The van der Waals surface area contributed by atoms with Crippen molar-refractivity contribution in [2.75, 3.05) is 13.2 Å². The maximum absolute atomic E-state index is 9.94. The van der Waals surface area contributed by atoms with Gasteiger partial charge < -0.3 is 15.2 Å². The van der Waals surface area contributed by atoms with Crippen LogP contribution in [0.3, 0.4) is 0 Å². The van der Waals surface area contributed by atoms with Crippen LogP contribution in [0, 0.1) is 12.3 Å². The van der Waals surface area contributed by atoms with Gasteiger partial charge in [-0.2, -0.15) is 0 Å². The van der Waals surface area contributed by atoms with E-state index in [9.17, 15) is 5.11 Å². The highest BCUT2D eigenvalue weighted by atomic mass is 35.5. The van der Waals surface area contributed by atoms with Gasteiger partial charge in [-0.25, -0.2) is 0 Å². The van der Waals surface area contributed by atoms with Crippen molar-refractivity contribution in [2.45, 2.75) is 46.8 Å². The van der Waals surface area contributed by atoms with E-state index < -0.39 is 6.10 Å². The summed E-state index contributed by atoms with van der Waals surface area (Å²) in [7, 11) is 0. The molecule has 0 bridgehead atoms. The van der Waals surface area contributed by atoms with Crippen molar-refractivity contribution < 1.29 is 9.84 Å². The molecule has 1 rings (SSSR count). The highest BCUT2D eigenvalue weighted by Crippen LogP contribution is 2.21. The first-order chi connectivity index (χ1) is 9.20. The highest BCUT2D eigenvalue weighted by molar-refractivity contribution is 6.31. The van der Waals surface area contributed by atoms with Crippen LogP contribution in [0.2, 0.25) is 5.02 Å². The van der Waals surface area contributed by atoms with Gasteiger partial charge in [-0.15, -0.1) is 0 Å². The summed E-state index contributed by atoms with van der Waals surface area (Å²) in [5, 5.41) is 14.0. The number of hydrogen-bond acceptors (Lipinski definition) is 3. The number of aliphatic hydroxyl groups is 1. The van der Waals surface area contributed by atoms with Gasteiger partial charge in [-0.05, 0) is 43.0 Å². The third kappa shape index (κ3) is 5.70. The van der Waals surface area contributed by atoms with Gasteiger partial charge in [0.2, 0.25) is 0 Å². The number of benzene rings is 1. The van der Waals surface area contributed by atoms with Crippen LogP contribution in [-0.4, -0.2) is 30.4 Å². The lowest BCUT2D eigenvalue weighted by atomic mass is 9.88. The van der Waals surface area contributed by atoms with Gasteiger partial charge in [0.25, 0.3) is 0 Å². The zero-order valence-corrected chi connectivity index (χ0v) is 13.8. The molecule has 1 aromatic rings. The Morgan fingerprint density at radius 2 is 2.00 bits per heavy atom. The molecule has 0 aliphatic rings. The number of ether oxygens (including phenoxy) is 1. The molecule has 0 aliphatic heterocycles. The molecule has 1 aromatic carbocycles. The minimum atomic E-state index is -0.532. The van der Waals surface area contributed by atoms with Gasteiger partial charge >= 0.3 is 0 Å². The quantitative estimate of drug-likeness (QED) is 0.846. The smallest absolute Gasteiger partial charge is 0.119 e. The van der Waals surface area contributed by atoms with Gasteiger partial charge in [0.05, 0.1) is 0 Å². The molecule has 2 atom stereocenters. The molecule has 0 fully saturated rings. The van der Waals surface area contributed by atoms with Gasteiger partial charge in [0.15, 0.2) is 0 Å². The summed E-state index contributed by atoms with van der Waals surface area (Å²) < 4.78 is 5.57. The molecule has 2 unspecified atom stereocenters. The van der Waals surface area contributed by atoms with Crippen LogP contribution < -0.4 is 10.1 Å². The van der Waals surface area contributed by atoms with E-state index in [0.717, 1.165) is 16.3 Å². The van der Waals surface area contributed by atoms with E-state index >= 15 is 0 Å². The van der Waals surface area contributed by atoms with Crippen molar-refractivity contribution in [1.82, 2.24) is 5.32 Å². The summed E-state index contributed by atoms with van der Waals surface area (Å²) >= 11 is 5.96.